The molecule has 6 nitrogen and oxygen atoms in total. The van der Waals surface area contributed by atoms with Gasteiger partial charge in [-0.1, -0.05) is 140 Å². The molecule has 8 aromatic carbocycles. The van der Waals surface area contributed by atoms with Crippen molar-refractivity contribution in [3.05, 3.63) is 182 Å². The van der Waals surface area contributed by atoms with Gasteiger partial charge in [-0.15, -0.1) is 0 Å². The molecular formula is C51H30N4O2. The van der Waals surface area contributed by atoms with Gasteiger partial charge in [0.1, 0.15) is 16.7 Å². The summed E-state index contributed by atoms with van der Waals surface area (Å²) >= 11 is 0. The van der Waals surface area contributed by atoms with Crippen molar-refractivity contribution in [1.82, 2.24) is 19.5 Å². The minimum atomic E-state index is 0.539. The first kappa shape index (κ1) is 31.5. The lowest BCUT2D eigenvalue weighted by Crippen LogP contribution is -2.00. The predicted octanol–water partition coefficient (Wildman–Crippen LogP) is 13.4. The highest BCUT2D eigenvalue weighted by molar-refractivity contribution is 6.14. The highest BCUT2D eigenvalue weighted by Crippen LogP contribution is 2.41. The summed E-state index contributed by atoms with van der Waals surface area (Å²) in [5, 5.41) is 6.52. The molecule has 4 aromatic heterocycles. The molecule has 0 bridgehead atoms. The van der Waals surface area contributed by atoms with Gasteiger partial charge in [-0.3, -0.25) is 0 Å². The van der Waals surface area contributed by atoms with E-state index in [1.54, 1.807) is 0 Å². The molecule has 0 radical (unpaired) electrons. The van der Waals surface area contributed by atoms with E-state index < -0.39 is 0 Å². The van der Waals surface area contributed by atoms with Crippen molar-refractivity contribution >= 4 is 65.7 Å². The van der Waals surface area contributed by atoms with E-state index in [0.29, 0.717) is 17.5 Å². The van der Waals surface area contributed by atoms with Crippen LogP contribution >= 0.6 is 0 Å². The molecule has 6 heteroatoms. The van der Waals surface area contributed by atoms with Gasteiger partial charge in [0, 0.05) is 43.4 Å². The number of nitrogens with zero attached hydrogens (tertiary/aromatic N) is 4. The van der Waals surface area contributed by atoms with Gasteiger partial charge in [0.2, 0.25) is 0 Å². The summed E-state index contributed by atoms with van der Waals surface area (Å²) < 4.78 is 15.7. The van der Waals surface area contributed by atoms with Gasteiger partial charge in [-0.25, -0.2) is 15.0 Å². The SMILES string of the molecule is c1ccc(-c2ccc3c4ccccc4n(-c4cccc5c4oc4cc(-c6nc(-c7ccccc7)nc(-c7cccc8c7oc7ccccc78)n6)ccc45)c3c2)cc1. The lowest BCUT2D eigenvalue weighted by atomic mass is 10.0. The molecule has 12 rings (SSSR count). The highest BCUT2D eigenvalue weighted by Gasteiger charge is 2.21. The van der Waals surface area contributed by atoms with Gasteiger partial charge in [-0.2, -0.15) is 0 Å². The summed E-state index contributed by atoms with van der Waals surface area (Å²) in [6.07, 6.45) is 0. The summed E-state index contributed by atoms with van der Waals surface area (Å²) in [6.45, 7) is 0. The Labute approximate surface area is 325 Å². The summed E-state index contributed by atoms with van der Waals surface area (Å²) in [5.74, 6) is 1.67. The summed E-state index contributed by atoms with van der Waals surface area (Å²) in [7, 11) is 0. The van der Waals surface area contributed by atoms with Crippen molar-refractivity contribution < 1.29 is 8.83 Å². The Morgan fingerprint density at radius 3 is 1.75 bits per heavy atom. The smallest absolute Gasteiger partial charge is 0.167 e. The van der Waals surface area contributed by atoms with E-state index in [-0.39, 0.29) is 0 Å². The van der Waals surface area contributed by atoms with Crippen LogP contribution < -0.4 is 0 Å². The fourth-order valence-electron chi connectivity index (χ4n) is 8.40. The Hall–Kier alpha value is -7.83. The van der Waals surface area contributed by atoms with Crippen LogP contribution in [0.1, 0.15) is 0 Å². The van der Waals surface area contributed by atoms with Gasteiger partial charge in [0.25, 0.3) is 0 Å². The molecule has 0 N–H and O–H groups in total. The highest BCUT2D eigenvalue weighted by atomic mass is 16.3. The van der Waals surface area contributed by atoms with E-state index in [2.05, 4.69) is 120 Å². The van der Waals surface area contributed by atoms with Crippen molar-refractivity contribution in [3.63, 3.8) is 0 Å². The van der Waals surface area contributed by atoms with Crippen molar-refractivity contribution in [2.75, 3.05) is 0 Å². The molecule has 4 heterocycles. The number of aromatic nitrogens is 4. The average molecular weight is 731 g/mol. The fraction of sp³-hybridized carbons (Fsp3) is 0. The van der Waals surface area contributed by atoms with E-state index in [0.717, 1.165) is 82.9 Å². The third-order valence-electron chi connectivity index (χ3n) is 11.1. The number of para-hydroxylation sites is 4. The number of furan rings is 2. The molecule has 0 spiro atoms. The zero-order valence-electron chi connectivity index (χ0n) is 30.4. The number of rotatable bonds is 5. The Kier molecular flexibility index (Phi) is 6.83. The number of hydrogen-bond acceptors (Lipinski definition) is 5. The lowest BCUT2D eigenvalue weighted by Gasteiger charge is -2.09. The minimum absolute atomic E-state index is 0.539. The molecule has 0 fully saturated rings. The molecule has 0 amide bonds. The first-order chi connectivity index (χ1) is 28.2. The molecule has 0 aliphatic heterocycles. The van der Waals surface area contributed by atoms with Crippen molar-refractivity contribution in [1.29, 1.82) is 0 Å². The number of fused-ring (bicyclic) bond motifs is 9. The maximum atomic E-state index is 6.90. The maximum Gasteiger partial charge on any atom is 0.167 e. The van der Waals surface area contributed by atoms with Gasteiger partial charge >= 0.3 is 0 Å². The fourth-order valence-corrected chi connectivity index (χ4v) is 8.40. The Morgan fingerprint density at radius 1 is 0.333 bits per heavy atom. The second-order valence-electron chi connectivity index (χ2n) is 14.4. The second-order valence-corrected chi connectivity index (χ2v) is 14.4. The summed E-state index contributed by atoms with van der Waals surface area (Å²) in [4.78, 5) is 15.2. The standard InChI is InChI=1S/C51H30N4O2/c1-3-13-31(14-4-1)33-25-27-36-35-17-7-9-22-42(35)55(44(36)29-33)43-23-12-20-40-38-28-26-34(30-46(38)57-48(40)43)50-52-49(32-15-5-2-6-16-32)53-51(54-50)41-21-11-19-39-37-18-8-10-24-45(37)56-47(39)41/h1-30H. The van der Waals surface area contributed by atoms with Gasteiger partial charge in [-0.05, 0) is 53.6 Å². The third-order valence-corrected chi connectivity index (χ3v) is 11.1. The van der Waals surface area contributed by atoms with Gasteiger partial charge in [0.15, 0.2) is 23.1 Å². The van der Waals surface area contributed by atoms with Gasteiger partial charge in [0.05, 0.1) is 22.3 Å². The Balaban J connectivity index is 1.05. The zero-order valence-corrected chi connectivity index (χ0v) is 30.4. The zero-order chi connectivity index (χ0) is 37.5. The van der Waals surface area contributed by atoms with Crippen molar-refractivity contribution in [3.8, 4) is 51.0 Å². The first-order valence-corrected chi connectivity index (χ1v) is 19.0. The van der Waals surface area contributed by atoms with Crippen LogP contribution in [0.2, 0.25) is 0 Å². The van der Waals surface area contributed by atoms with Gasteiger partial charge < -0.3 is 13.4 Å². The van der Waals surface area contributed by atoms with E-state index in [9.17, 15) is 0 Å². The Morgan fingerprint density at radius 2 is 0.912 bits per heavy atom. The van der Waals surface area contributed by atoms with Crippen LogP contribution in [0.15, 0.2) is 191 Å². The molecule has 12 aromatic rings. The summed E-state index contributed by atoms with van der Waals surface area (Å²) in [5.41, 5.74) is 11.2. The lowest BCUT2D eigenvalue weighted by molar-refractivity contribution is 0.666. The minimum Gasteiger partial charge on any atom is -0.455 e. The summed E-state index contributed by atoms with van der Waals surface area (Å²) in [6, 6.07) is 62.7. The van der Waals surface area contributed by atoms with E-state index in [1.807, 2.05) is 66.7 Å². The quantitative estimate of drug-likeness (QED) is 0.176. The van der Waals surface area contributed by atoms with Crippen LogP contribution in [0.5, 0.6) is 0 Å². The van der Waals surface area contributed by atoms with Crippen LogP contribution in [0.3, 0.4) is 0 Å². The number of hydrogen-bond donors (Lipinski definition) is 0. The predicted molar refractivity (Wildman–Crippen MR) is 230 cm³/mol. The van der Waals surface area contributed by atoms with E-state index >= 15 is 0 Å². The molecule has 266 valence electrons. The van der Waals surface area contributed by atoms with Crippen molar-refractivity contribution in [2.24, 2.45) is 0 Å². The van der Waals surface area contributed by atoms with Crippen molar-refractivity contribution in [2.45, 2.75) is 0 Å². The molecule has 0 aliphatic carbocycles. The first-order valence-electron chi connectivity index (χ1n) is 19.0. The largest absolute Gasteiger partial charge is 0.455 e. The van der Waals surface area contributed by atoms with E-state index in [1.165, 1.54) is 16.3 Å². The second kappa shape index (κ2) is 12.3. The molecule has 0 unspecified atom stereocenters. The Bertz CT molecular complexity index is 3530. The molecule has 0 atom stereocenters. The van der Waals surface area contributed by atoms with Crippen LogP contribution in [-0.2, 0) is 0 Å². The normalized spacial score (nSPS) is 11.9. The molecule has 57 heavy (non-hydrogen) atoms. The maximum absolute atomic E-state index is 6.90. The van der Waals surface area contributed by atoms with Crippen LogP contribution in [-0.4, -0.2) is 19.5 Å². The monoisotopic (exact) mass is 730 g/mol. The molecule has 0 saturated carbocycles. The topological polar surface area (TPSA) is 69.9 Å². The van der Waals surface area contributed by atoms with Crippen LogP contribution in [0.4, 0.5) is 0 Å². The molecular weight excluding hydrogens is 701 g/mol. The van der Waals surface area contributed by atoms with E-state index in [4.69, 9.17) is 23.8 Å². The third kappa shape index (κ3) is 4.94. The van der Waals surface area contributed by atoms with Crippen LogP contribution in [0, 0.1) is 0 Å². The number of benzene rings is 8. The van der Waals surface area contributed by atoms with Crippen LogP contribution in [0.25, 0.3) is 117 Å². The molecule has 0 saturated heterocycles. The average Bonchev–Trinajstić information content (AvgIpc) is 3.96. The molecule has 0 aliphatic rings.